The number of carbonyl (C=O) groups is 1. The molecule has 0 heterocycles. The number of ether oxygens (including phenoxy) is 1. The van der Waals surface area contributed by atoms with E-state index < -0.39 is 0 Å². The van der Waals surface area contributed by atoms with E-state index in [0.717, 1.165) is 6.42 Å². The van der Waals surface area contributed by atoms with Crippen molar-refractivity contribution in [2.45, 2.75) is 45.8 Å². The Kier molecular flexibility index (Phi) is 4.27. The molecule has 1 amide bonds. The molecule has 0 saturated heterocycles. The Hall–Kier alpha value is -0.680. The Labute approximate surface area is 102 Å². The lowest BCUT2D eigenvalue weighted by molar-refractivity contribution is -0.135. The van der Waals surface area contributed by atoms with E-state index in [1.165, 1.54) is 0 Å². The van der Waals surface area contributed by atoms with Gasteiger partial charge in [0.25, 0.3) is 0 Å². The highest BCUT2D eigenvalue weighted by Gasteiger charge is 2.49. The van der Waals surface area contributed by atoms with Crippen LogP contribution in [0.15, 0.2) is 0 Å². The second kappa shape index (κ2) is 5.10. The first-order valence-corrected chi connectivity index (χ1v) is 5.98. The third-order valence-electron chi connectivity index (χ3n) is 3.22. The largest absolute Gasteiger partial charge is 0.393 e. The van der Waals surface area contributed by atoms with Gasteiger partial charge < -0.3 is 15.8 Å². The van der Waals surface area contributed by atoms with Crippen LogP contribution in [0.5, 0.6) is 0 Å². The Balaban J connectivity index is 2.41. The normalized spacial score (nSPS) is 26.9. The van der Waals surface area contributed by atoms with Crippen LogP contribution in [0.2, 0.25) is 0 Å². The van der Waals surface area contributed by atoms with Crippen molar-refractivity contribution in [2.75, 3.05) is 6.61 Å². The second-order valence-electron chi connectivity index (χ2n) is 4.76. The van der Waals surface area contributed by atoms with Gasteiger partial charge in [-0.25, -0.2) is 0 Å². The van der Waals surface area contributed by atoms with Gasteiger partial charge in [0.2, 0.25) is 5.91 Å². The van der Waals surface area contributed by atoms with Crippen LogP contribution < -0.4 is 11.1 Å². The van der Waals surface area contributed by atoms with Gasteiger partial charge in [0.1, 0.15) is 0 Å². The maximum atomic E-state index is 11.5. The van der Waals surface area contributed by atoms with Crippen LogP contribution in [-0.2, 0) is 9.53 Å². The lowest BCUT2D eigenvalue weighted by Gasteiger charge is -2.51. The minimum atomic E-state index is -0.0967. The summed E-state index contributed by atoms with van der Waals surface area (Å²) in [5.74, 6) is -0.0967. The predicted molar refractivity (Wildman–Crippen MR) is 67.1 cm³/mol. The van der Waals surface area contributed by atoms with Gasteiger partial charge in [0.05, 0.1) is 17.5 Å². The summed E-state index contributed by atoms with van der Waals surface area (Å²) >= 11 is 4.69. The van der Waals surface area contributed by atoms with E-state index in [1.807, 2.05) is 6.92 Å². The first-order chi connectivity index (χ1) is 7.37. The van der Waals surface area contributed by atoms with E-state index in [2.05, 4.69) is 19.2 Å². The number of hydrogen-bond donors (Lipinski definition) is 2. The zero-order chi connectivity index (χ0) is 12.3. The summed E-state index contributed by atoms with van der Waals surface area (Å²) in [6, 6.07) is 0.158. The highest BCUT2D eigenvalue weighted by molar-refractivity contribution is 7.80. The van der Waals surface area contributed by atoms with E-state index in [9.17, 15) is 4.79 Å². The van der Waals surface area contributed by atoms with Crippen LogP contribution in [0.25, 0.3) is 0 Å². The molecule has 0 aliphatic heterocycles. The summed E-state index contributed by atoms with van der Waals surface area (Å²) < 4.78 is 5.58. The van der Waals surface area contributed by atoms with Gasteiger partial charge in [-0.3, -0.25) is 4.79 Å². The van der Waals surface area contributed by atoms with Gasteiger partial charge in [-0.1, -0.05) is 26.1 Å². The van der Waals surface area contributed by atoms with E-state index in [4.69, 9.17) is 22.7 Å². The third-order valence-corrected chi connectivity index (χ3v) is 3.36. The smallest absolute Gasteiger partial charge is 0.227 e. The molecule has 0 bridgehead atoms. The van der Waals surface area contributed by atoms with Crippen LogP contribution >= 0.6 is 12.2 Å². The maximum absolute atomic E-state index is 11.5. The van der Waals surface area contributed by atoms with Gasteiger partial charge in [0.15, 0.2) is 0 Å². The molecule has 92 valence electrons. The maximum Gasteiger partial charge on any atom is 0.227 e. The summed E-state index contributed by atoms with van der Waals surface area (Å²) in [7, 11) is 0. The van der Waals surface area contributed by atoms with Crippen molar-refractivity contribution in [3.8, 4) is 0 Å². The zero-order valence-corrected chi connectivity index (χ0v) is 10.9. The molecule has 1 aliphatic rings. The summed E-state index contributed by atoms with van der Waals surface area (Å²) in [6.45, 7) is 6.89. The van der Waals surface area contributed by atoms with Crippen molar-refractivity contribution >= 4 is 23.1 Å². The van der Waals surface area contributed by atoms with Gasteiger partial charge in [-0.2, -0.15) is 0 Å². The zero-order valence-electron chi connectivity index (χ0n) is 10.1. The molecule has 0 spiro atoms. The van der Waals surface area contributed by atoms with Crippen molar-refractivity contribution in [3.05, 3.63) is 0 Å². The Morgan fingerprint density at radius 2 is 2.25 bits per heavy atom. The van der Waals surface area contributed by atoms with Gasteiger partial charge >= 0.3 is 0 Å². The van der Waals surface area contributed by atoms with E-state index >= 15 is 0 Å². The standard InChI is InChI=1S/C11H20N2O2S/c1-4-15-8-5-7(11(8,2)3)13-10(14)6-9(12)16/h7-8H,4-6H2,1-3H3,(H2,12,16)(H,13,14). The monoisotopic (exact) mass is 244 g/mol. The first kappa shape index (κ1) is 13.4. The predicted octanol–water partition coefficient (Wildman–Crippen LogP) is 0.982. The highest BCUT2D eigenvalue weighted by atomic mass is 32.1. The summed E-state index contributed by atoms with van der Waals surface area (Å²) in [4.78, 5) is 11.7. The molecule has 2 unspecified atom stereocenters. The summed E-state index contributed by atoms with van der Waals surface area (Å²) in [6.07, 6.45) is 1.22. The van der Waals surface area contributed by atoms with Gasteiger partial charge in [0, 0.05) is 18.1 Å². The van der Waals surface area contributed by atoms with E-state index in [-0.39, 0.29) is 34.9 Å². The minimum Gasteiger partial charge on any atom is -0.393 e. The number of nitrogens with two attached hydrogens (primary N) is 1. The summed E-state index contributed by atoms with van der Waals surface area (Å²) in [5, 5.41) is 2.94. The molecule has 0 aromatic heterocycles. The van der Waals surface area contributed by atoms with Crippen LogP contribution in [0.1, 0.15) is 33.6 Å². The molecular formula is C11H20N2O2S. The molecule has 3 N–H and O–H groups in total. The van der Waals surface area contributed by atoms with Crippen molar-refractivity contribution < 1.29 is 9.53 Å². The van der Waals surface area contributed by atoms with Gasteiger partial charge in [-0.05, 0) is 13.3 Å². The number of carbonyl (C=O) groups excluding carboxylic acids is 1. The highest BCUT2D eigenvalue weighted by Crippen LogP contribution is 2.42. The molecule has 16 heavy (non-hydrogen) atoms. The van der Waals surface area contributed by atoms with Crippen LogP contribution in [0, 0.1) is 5.41 Å². The van der Waals surface area contributed by atoms with E-state index in [0.29, 0.717) is 6.61 Å². The van der Waals surface area contributed by atoms with Crippen LogP contribution in [0.3, 0.4) is 0 Å². The lowest BCUT2D eigenvalue weighted by Crippen LogP contribution is -2.62. The van der Waals surface area contributed by atoms with Gasteiger partial charge in [-0.15, -0.1) is 0 Å². The molecule has 0 aromatic carbocycles. The molecule has 1 rings (SSSR count). The second-order valence-corrected chi connectivity index (χ2v) is 5.29. The molecule has 0 radical (unpaired) electrons. The number of nitrogens with one attached hydrogen (secondary N) is 1. The number of thiocarbonyl (C=S) groups is 1. The number of hydrogen-bond acceptors (Lipinski definition) is 3. The molecule has 1 saturated carbocycles. The topological polar surface area (TPSA) is 64.3 Å². The fraction of sp³-hybridized carbons (Fsp3) is 0.818. The molecule has 1 aliphatic carbocycles. The molecule has 5 heteroatoms. The lowest BCUT2D eigenvalue weighted by atomic mass is 9.64. The SMILES string of the molecule is CCOC1CC(NC(=O)CC(N)=S)C1(C)C. The molecule has 2 atom stereocenters. The first-order valence-electron chi connectivity index (χ1n) is 5.57. The Morgan fingerprint density at radius 1 is 1.62 bits per heavy atom. The fourth-order valence-corrected chi connectivity index (χ4v) is 2.15. The summed E-state index contributed by atoms with van der Waals surface area (Å²) in [5.41, 5.74) is 5.31. The van der Waals surface area contributed by atoms with E-state index in [1.54, 1.807) is 0 Å². The number of amides is 1. The van der Waals surface area contributed by atoms with Crippen molar-refractivity contribution in [3.63, 3.8) is 0 Å². The third kappa shape index (κ3) is 2.92. The van der Waals surface area contributed by atoms with Crippen molar-refractivity contribution in [1.82, 2.24) is 5.32 Å². The fourth-order valence-electron chi connectivity index (χ4n) is 2.02. The number of rotatable bonds is 5. The molecule has 0 aromatic rings. The van der Waals surface area contributed by atoms with Crippen molar-refractivity contribution in [1.29, 1.82) is 0 Å². The molecule has 1 fully saturated rings. The van der Waals surface area contributed by atoms with Crippen LogP contribution in [-0.4, -0.2) is 29.6 Å². The minimum absolute atomic E-state index is 0.0120. The van der Waals surface area contributed by atoms with Crippen molar-refractivity contribution in [2.24, 2.45) is 11.1 Å². The Morgan fingerprint density at radius 3 is 2.69 bits per heavy atom. The molecule has 4 nitrogen and oxygen atoms in total. The average Bonchev–Trinajstić information content (AvgIpc) is 2.15. The Bertz CT molecular complexity index is 292. The average molecular weight is 244 g/mol. The molecular weight excluding hydrogens is 224 g/mol. The van der Waals surface area contributed by atoms with Crippen LogP contribution in [0.4, 0.5) is 0 Å². The quantitative estimate of drug-likeness (QED) is 0.708.